The highest BCUT2D eigenvalue weighted by atomic mass is 19.4. The normalized spacial score (nSPS) is 16.0. The topological polar surface area (TPSA) is 78.1 Å². The summed E-state index contributed by atoms with van der Waals surface area (Å²) in [6.45, 7) is 1.75. The van der Waals surface area contributed by atoms with Crippen LogP contribution >= 0.6 is 0 Å². The Kier molecular flexibility index (Phi) is 4.90. The van der Waals surface area contributed by atoms with Gasteiger partial charge < -0.3 is 10.2 Å². The SMILES string of the molecule is C[C@@H](NC(=O)c1cc(=O)[nH]c(N2CC(F)C2)n1)c1ccc(C(F)(F)F)cc1. The molecule has 2 N–H and O–H groups in total. The first-order chi connectivity index (χ1) is 12.6. The number of aromatic amines is 1. The van der Waals surface area contributed by atoms with E-state index in [2.05, 4.69) is 15.3 Å². The third-order valence-corrected chi connectivity index (χ3v) is 4.18. The van der Waals surface area contributed by atoms with Crippen molar-refractivity contribution < 1.29 is 22.4 Å². The number of anilines is 1. The number of hydrogen-bond donors (Lipinski definition) is 2. The van der Waals surface area contributed by atoms with Gasteiger partial charge in [0.1, 0.15) is 11.9 Å². The summed E-state index contributed by atoms with van der Waals surface area (Å²) in [7, 11) is 0. The van der Waals surface area contributed by atoms with Crippen LogP contribution in [0.3, 0.4) is 0 Å². The summed E-state index contributed by atoms with van der Waals surface area (Å²) in [6, 6.07) is 4.80. The van der Waals surface area contributed by atoms with Gasteiger partial charge in [-0.15, -0.1) is 0 Å². The molecule has 2 aromatic rings. The lowest BCUT2D eigenvalue weighted by molar-refractivity contribution is -0.137. The van der Waals surface area contributed by atoms with Gasteiger partial charge in [0.25, 0.3) is 11.5 Å². The van der Waals surface area contributed by atoms with Crippen LogP contribution in [-0.2, 0) is 6.18 Å². The molecule has 1 atom stereocenters. The fourth-order valence-corrected chi connectivity index (χ4v) is 2.62. The smallest absolute Gasteiger partial charge is 0.344 e. The lowest BCUT2D eigenvalue weighted by atomic mass is 10.1. The zero-order valence-corrected chi connectivity index (χ0v) is 14.2. The van der Waals surface area contributed by atoms with E-state index in [1.807, 2.05) is 0 Å². The maximum absolute atomic E-state index is 13.0. The van der Waals surface area contributed by atoms with Crippen LogP contribution in [0.4, 0.5) is 23.5 Å². The summed E-state index contributed by atoms with van der Waals surface area (Å²) in [6.07, 6.45) is -5.45. The molecule has 0 saturated carbocycles. The molecule has 27 heavy (non-hydrogen) atoms. The van der Waals surface area contributed by atoms with Crippen molar-refractivity contribution in [1.29, 1.82) is 0 Å². The van der Waals surface area contributed by atoms with Gasteiger partial charge in [0.15, 0.2) is 0 Å². The van der Waals surface area contributed by atoms with Gasteiger partial charge in [-0.1, -0.05) is 12.1 Å². The number of nitrogens with zero attached hydrogens (tertiary/aromatic N) is 2. The number of carbonyl (C=O) groups excluding carboxylic acids is 1. The van der Waals surface area contributed by atoms with Gasteiger partial charge in [-0.2, -0.15) is 13.2 Å². The second-order valence-corrected chi connectivity index (χ2v) is 6.27. The summed E-state index contributed by atoms with van der Waals surface area (Å²) in [5.41, 5.74) is -1.04. The number of nitrogens with one attached hydrogen (secondary N) is 2. The van der Waals surface area contributed by atoms with Crippen LogP contribution in [0.1, 0.15) is 34.6 Å². The number of amides is 1. The molecular weight excluding hydrogens is 368 g/mol. The zero-order valence-electron chi connectivity index (χ0n) is 14.2. The van der Waals surface area contributed by atoms with Gasteiger partial charge in [0.2, 0.25) is 5.95 Å². The highest BCUT2D eigenvalue weighted by molar-refractivity contribution is 5.92. The maximum Gasteiger partial charge on any atom is 0.416 e. The first kappa shape index (κ1) is 18.9. The number of carbonyl (C=O) groups is 1. The van der Waals surface area contributed by atoms with Gasteiger partial charge in [-0.05, 0) is 24.6 Å². The van der Waals surface area contributed by atoms with Crippen LogP contribution in [0.25, 0.3) is 0 Å². The molecule has 1 aromatic heterocycles. The summed E-state index contributed by atoms with van der Waals surface area (Å²) in [5, 5.41) is 2.58. The first-order valence-electron chi connectivity index (χ1n) is 8.12. The molecule has 0 bridgehead atoms. The van der Waals surface area contributed by atoms with Crippen molar-refractivity contribution in [2.45, 2.75) is 25.3 Å². The Hall–Kier alpha value is -2.91. The second-order valence-electron chi connectivity index (χ2n) is 6.27. The summed E-state index contributed by atoms with van der Waals surface area (Å²) in [5.74, 6) is -0.559. The van der Waals surface area contributed by atoms with Crippen molar-refractivity contribution >= 4 is 11.9 Å². The predicted molar refractivity (Wildman–Crippen MR) is 89.3 cm³/mol. The first-order valence-corrected chi connectivity index (χ1v) is 8.12. The van der Waals surface area contributed by atoms with Crippen molar-refractivity contribution in [2.24, 2.45) is 0 Å². The molecule has 3 rings (SSSR count). The van der Waals surface area contributed by atoms with Crippen LogP contribution in [0.15, 0.2) is 35.1 Å². The average Bonchev–Trinajstić information content (AvgIpc) is 2.57. The third-order valence-electron chi connectivity index (χ3n) is 4.18. The molecule has 1 amide bonds. The largest absolute Gasteiger partial charge is 0.416 e. The number of alkyl halides is 4. The number of halogens is 4. The van der Waals surface area contributed by atoms with Gasteiger partial charge >= 0.3 is 6.18 Å². The number of hydrogen-bond acceptors (Lipinski definition) is 4. The molecule has 0 aliphatic carbocycles. The van der Waals surface area contributed by atoms with Crippen molar-refractivity contribution in [3.8, 4) is 0 Å². The monoisotopic (exact) mass is 384 g/mol. The Morgan fingerprint density at radius 1 is 1.30 bits per heavy atom. The van der Waals surface area contributed by atoms with Crippen molar-refractivity contribution in [1.82, 2.24) is 15.3 Å². The van der Waals surface area contributed by atoms with E-state index in [4.69, 9.17) is 0 Å². The summed E-state index contributed by atoms with van der Waals surface area (Å²) >= 11 is 0. The fourth-order valence-electron chi connectivity index (χ4n) is 2.62. The molecule has 0 unspecified atom stereocenters. The van der Waals surface area contributed by atoms with Crippen LogP contribution in [0, 0.1) is 0 Å². The molecule has 1 saturated heterocycles. The van der Waals surface area contributed by atoms with Gasteiger partial charge in [-0.3, -0.25) is 14.6 Å². The minimum Gasteiger partial charge on any atom is -0.344 e. The molecule has 1 fully saturated rings. The predicted octanol–water partition coefficient (Wildman–Crippen LogP) is 2.44. The number of aromatic nitrogens is 2. The maximum atomic E-state index is 13.0. The highest BCUT2D eigenvalue weighted by Crippen LogP contribution is 2.29. The van der Waals surface area contributed by atoms with E-state index >= 15 is 0 Å². The van der Waals surface area contributed by atoms with Crippen molar-refractivity contribution in [2.75, 3.05) is 18.0 Å². The minimum atomic E-state index is -4.44. The molecule has 1 aromatic carbocycles. The number of H-pyrrole nitrogens is 1. The quantitative estimate of drug-likeness (QED) is 0.794. The summed E-state index contributed by atoms with van der Waals surface area (Å²) < 4.78 is 50.8. The lowest BCUT2D eigenvalue weighted by Crippen LogP contribution is -2.50. The van der Waals surface area contributed by atoms with Crippen LogP contribution in [0.5, 0.6) is 0 Å². The average molecular weight is 384 g/mol. The van der Waals surface area contributed by atoms with E-state index in [9.17, 15) is 27.2 Å². The molecule has 0 spiro atoms. The molecule has 1 aliphatic heterocycles. The highest BCUT2D eigenvalue weighted by Gasteiger charge is 2.30. The van der Waals surface area contributed by atoms with Crippen molar-refractivity contribution in [3.05, 3.63) is 57.5 Å². The van der Waals surface area contributed by atoms with E-state index in [-0.39, 0.29) is 24.7 Å². The third kappa shape index (κ3) is 4.26. The van der Waals surface area contributed by atoms with E-state index < -0.39 is 35.4 Å². The minimum absolute atomic E-state index is 0.0793. The standard InChI is InChI=1S/C17H16F4N4O2/c1-9(10-2-4-11(5-3-10)17(19,20)21)22-15(27)13-6-14(26)24-16(23-13)25-7-12(18)8-25/h2-6,9,12H,7-8H2,1H3,(H,22,27)(H,23,24,26)/t9-/m1/s1. The fraction of sp³-hybridized carbons (Fsp3) is 0.353. The van der Waals surface area contributed by atoms with Gasteiger partial charge in [-0.25, -0.2) is 9.37 Å². The molecule has 1 aliphatic rings. The molecule has 2 heterocycles. The van der Waals surface area contributed by atoms with Gasteiger partial charge in [0.05, 0.1) is 24.7 Å². The van der Waals surface area contributed by atoms with E-state index in [1.165, 1.54) is 17.0 Å². The molecule has 0 radical (unpaired) electrons. The second kappa shape index (κ2) is 7.01. The van der Waals surface area contributed by atoms with E-state index in [1.54, 1.807) is 6.92 Å². The van der Waals surface area contributed by atoms with Crippen LogP contribution in [0.2, 0.25) is 0 Å². The Bertz CT molecular complexity index is 889. The summed E-state index contributed by atoms with van der Waals surface area (Å²) in [4.78, 5) is 32.0. The number of benzene rings is 1. The molecule has 10 heteroatoms. The lowest BCUT2D eigenvalue weighted by Gasteiger charge is -2.34. The molecule has 6 nitrogen and oxygen atoms in total. The van der Waals surface area contributed by atoms with Crippen LogP contribution < -0.4 is 15.8 Å². The Morgan fingerprint density at radius 2 is 1.93 bits per heavy atom. The Balaban J connectivity index is 1.72. The Morgan fingerprint density at radius 3 is 2.48 bits per heavy atom. The molecular formula is C17H16F4N4O2. The zero-order chi connectivity index (χ0) is 19.8. The van der Waals surface area contributed by atoms with E-state index in [0.717, 1.165) is 18.2 Å². The Labute approximate surface area is 151 Å². The van der Waals surface area contributed by atoms with Gasteiger partial charge in [0, 0.05) is 6.07 Å². The van der Waals surface area contributed by atoms with Crippen molar-refractivity contribution in [3.63, 3.8) is 0 Å². The molecule has 144 valence electrons. The van der Waals surface area contributed by atoms with Crippen LogP contribution in [-0.4, -0.2) is 35.1 Å². The van der Waals surface area contributed by atoms with E-state index in [0.29, 0.717) is 5.56 Å². The number of rotatable bonds is 4.